The molecule has 1 saturated heterocycles. The molecule has 0 N–H and O–H groups in total. The summed E-state index contributed by atoms with van der Waals surface area (Å²) in [5.74, 6) is 0.603. The van der Waals surface area contributed by atoms with Gasteiger partial charge in [0.25, 0.3) is 0 Å². The number of carbonyl (C=O) groups is 2. The van der Waals surface area contributed by atoms with Crippen LogP contribution < -0.4 is 0 Å². The predicted octanol–water partition coefficient (Wildman–Crippen LogP) is 1.29. The van der Waals surface area contributed by atoms with E-state index < -0.39 is 5.97 Å². The summed E-state index contributed by atoms with van der Waals surface area (Å²) in [5, 5.41) is 0. The molecule has 1 aliphatic rings. The van der Waals surface area contributed by atoms with Crippen molar-refractivity contribution in [2.75, 3.05) is 33.3 Å². The number of carbonyl (C=O) groups excluding carboxylic acids is 2. The largest absolute Gasteiger partial charge is 0.463 e. The molecule has 1 unspecified atom stereocenters. The first-order chi connectivity index (χ1) is 9.52. The lowest BCUT2D eigenvalue weighted by Crippen LogP contribution is -2.48. The molecule has 1 fully saturated rings. The first-order valence-corrected chi connectivity index (χ1v) is 6.70. The molecular formula is C14H20N2O4. The molecule has 1 atom stereocenters. The third kappa shape index (κ3) is 3.01. The lowest BCUT2D eigenvalue weighted by Gasteiger charge is -2.36. The van der Waals surface area contributed by atoms with Gasteiger partial charge in [-0.25, -0.2) is 4.79 Å². The van der Waals surface area contributed by atoms with Crippen molar-refractivity contribution in [3.8, 4) is 0 Å². The number of nitrogens with zero attached hydrogens (tertiary/aromatic N) is 2. The van der Waals surface area contributed by atoms with Crippen LogP contribution in [0.2, 0.25) is 0 Å². The first kappa shape index (κ1) is 14.6. The average Bonchev–Trinajstić information content (AvgIpc) is 2.95. The van der Waals surface area contributed by atoms with Gasteiger partial charge in [-0.1, -0.05) is 0 Å². The molecule has 0 aromatic carbocycles. The second-order valence-corrected chi connectivity index (χ2v) is 4.91. The molecule has 0 spiro atoms. The molecule has 20 heavy (non-hydrogen) atoms. The van der Waals surface area contributed by atoms with Gasteiger partial charge in [-0.3, -0.25) is 9.69 Å². The molecule has 0 aliphatic carbocycles. The molecule has 2 heterocycles. The zero-order valence-corrected chi connectivity index (χ0v) is 12.1. The number of hydrogen-bond donors (Lipinski definition) is 0. The second kappa shape index (κ2) is 6.09. The minimum atomic E-state index is -0.468. The van der Waals surface area contributed by atoms with E-state index >= 15 is 0 Å². The number of amides is 1. The maximum absolute atomic E-state index is 11.4. The highest BCUT2D eigenvalue weighted by molar-refractivity contribution is 5.86. The fourth-order valence-electron chi connectivity index (χ4n) is 2.39. The van der Waals surface area contributed by atoms with Crippen molar-refractivity contribution in [1.82, 2.24) is 9.80 Å². The zero-order valence-electron chi connectivity index (χ0n) is 12.1. The van der Waals surface area contributed by atoms with Crippen LogP contribution in [0.1, 0.15) is 36.2 Å². The third-order valence-electron chi connectivity index (χ3n) is 3.73. The van der Waals surface area contributed by atoms with Gasteiger partial charge in [0.15, 0.2) is 0 Å². The van der Waals surface area contributed by atoms with Gasteiger partial charge in [-0.2, -0.15) is 0 Å². The monoisotopic (exact) mass is 280 g/mol. The van der Waals surface area contributed by atoms with Crippen LogP contribution in [0.15, 0.2) is 16.5 Å². The molecular weight excluding hydrogens is 260 g/mol. The van der Waals surface area contributed by atoms with Gasteiger partial charge in [-0.05, 0) is 19.1 Å². The highest BCUT2D eigenvalue weighted by Crippen LogP contribution is 2.24. The number of furan rings is 1. The minimum absolute atomic E-state index is 0.0718. The Morgan fingerprint density at radius 1 is 1.25 bits per heavy atom. The van der Waals surface area contributed by atoms with E-state index in [1.54, 1.807) is 19.1 Å². The minimum Gasteiger partial charge on any atom is -0.463 e. The van der Waals surface area contributed by atoms with Crippen molar-refractivity contribution in [1.29, 1.82) is 0 Å². The molecule has 6 nitrogen and oxygen atoms in total. The van der Waals surface area contributed by atoms with Crippen molar-refractivity contribution in [2.45, 2.75) is 19.9 Å². The van der Waals surface area contributed by atoms with Crippen molar-refractivity contribution in [3.63, 3.8) is 0 Å². The molecule has 6 heteroatoms. The zero-order chi connectivity index (χ0) is 14.7. The lowest BCUT2D eigenvalue weighted by atomic mass is 10.2. The smallest absolute Gasteiger partial charge is 0.373 e. The molecule has 0 bridgehead atoms. The number of methoxy groups -OCH3 is 1. The highest BCUT2D eigenvalue weighted by Gasteiger charge is 2.25. The normalized spacial score (nSPS) is 17.9. The van der Waals surface area contributed by atoms with Crippen molar-refractivity contribution in [2.24, 2.45) is 0 Å². The van der Waals surface area contributed by atoms with Crippen LogP contribution in [0.4, 0.5) is 0 Å². The summed E-state index contributed by atoms with van der Waals surface area (Å²) >= 11 is 0. The predicted molar refractivity (Wildman–Crippen MR) is 72.3 cm³/mol. The second-order valence-electron chi connectivity index (χ2n) is 4.91. The Bertz CT molecular complexity index is 489. The van der Waals surface area contributed by atoms with E-state index in [0.29, 0.717) is 0 Å². The van der Waals surface area contributed by atoms with E-state index in [9.17, 15) is 9.59 Å². The van der Waals surface area contributed by atoms with Gasteiger partial charge >= 0.3 is 5.97 Å². The summed E-state index contributed by atoms with van der Waals surface area (Å²) in [7, 11) is 1.33. The quantitative estimate of drug-likeness (QED) is 0.781. The van der Waals surface area contributed by atoms with Crippen LogP contribution >= 0.6 is 0 Å². The molecule has 2 rings (SSSR count). The van der Waals surface area contributed by atoms with E-state index in [2.05, 4.69) is 9.64 Å². The lowest BCUT2D eigenvalue weighted by molar-refractivity contribution is -0.130. The van der Waals surface area contributed by atoms with Crippen LogP contribution in [-0.4, -0.2) is 55.0 Å². The van der Waals surface area contributed by atoms with Crippen LogP contribution in [0.3, 0.4) is 0 Å². The number of hydrogen-bond acceptors (Lipinski definition) is 5. The summed E-state index contributed by atoms with van der Waals surface area (Å²) in [6.07, 6.45) is 0. The Kier molecular flexibility index (Phi) is 4.44. The van der Waals surface area contributed by atoms with Gasteiger partial charge in [0, 0.05) is 33.1 Å². The Morgan fingerprint density at radius 2 is 1.90 bits per heavy atom. The summed E-state index contributed by atoms with van der Waals surface area (Å²) in [6.45, 7) is 6.68. The number of rotatable bonds is 3. The summed E-state index contributed by atoms with van der Waals surface area (Å²) in [4.78, 5) is 26.7. The van der Waals surface area contributed by atoms with Gasteiger partial charge < -0.3 is 14.1 Å². The molecule has 0 radical (unpaired) electrons. The molecule has 110 valence electrons. The van der Waals surface area contributed by atoms with Gasteiger partial charge in [0.1, 0.15) is 5.76 Å². The van der Waals surface area contributed by atoms with Crippen molar-refractivity contribution < 1.29 is 18.7 Å². The van der Waals surface area contributed by atoms with Gasteiger partial charge in [0.05, 0.1) is 13.2 Å². The topological polar surface area (TPSA) is 63.0 Å². The van der Waals surface area contributed by atoms with Crippen LogP contribution in [0.5, 0.6) is 0 Å². The third-order valence-corrected chi connectivity index (χ3v) is 3.73. The Labute approximate surface area is 118 Å². The summed E-state index contributed by atoms with van der Waals surface area (Å²) in [5.41, 5.74) is 0. The number of piperazine rings is 1. The van der Waals surface area contributed by atoms with Crippen LogP contribution in [-0.2, 0) is 9.53 Å². The Morgan fingerprint density at radius 3 is 2.45 bits per heavy atom. The van der Waals surface area contributed by atoms with Crippen molar-refractivity contribution >= 4 is 11.9 Å². The molecule has 1 aromatic rings. The average molecular weight is 280 g/mol. The standard InChI is InChI=1S/C14H20N2O4/c1-10(12-4-5-13(20-12)14(18)19-3)15-6-8-16(9-7-15)11(2)17/h4-5,10H,6-9H2,1-3H3. The van der Waals surface area contributed by atoms with E-state index in [1.165, 1.54) is 7.11 Å². The number of esters is 1. The van der Waals surface area contributed by atoms with Gasteiger partial charge in [0.2, 0.25) is 11.7 Å². The van der Waals surface area contributed by atoms with E-state index in [0.717, 1.165) is 31.9 Å². The molecule has 1 amide bonds. The Balaban J connectivity index is 1.98. The van der Waals surface area contributed by atoms with E-state index in [4.69, 9.17) is 4.42 Å². The van der Waals surface area contributed by atoms with Crippen LogP contribution in [0.25, 0.3) is 0 Å². The van der Waals surface area contributed by atoms with E-state index in [-0.39, 0.29) is 17.7 Å². The van der Waals surface area contributed by atoms with Gasteiger partial charge in [-0.15, -0.1) is 0 Å². The summed E-state index contributed by atoms with van der Waals surface area (Å²) in [6, 6.07) is 3.50. The van der Waals surface area contributed by atoms with Crippen LogP contribution in [0, 0.1) is 0 Å². The van der Waals surface area contributed by atoms with E-state index in [1.807, 2.05) is 11.8 Å². The maximum atomic E-state index is 11.4. The molecule has 1 aromatic heterocycles. The number of ether oxygens (including phenoxy) is 1. The SMILES string of the molecule is COC(=O)c1ccc(C(C)N2CCN(C(C)=O)CC2)o1. The molecule has 0 saturated carbocycles. The summed E-state index contributed by atoms with van der Waals surface area (Å²) < 4.78 is 10.2. The highest BCUT2D eigenvalue weighted by atomic mass is 16.5. The first-order valence-electron chi connectivity index (χ1n) is 6.70. The fourth-order valence-corrected chi connectivity index (χ4v) is 2.39. The maximum Gasteiger partial charge on any atom is 0.373 e. The fraction of sp³-hybridized carbons (Fsp3) is 0.571. The van der Waals surface area contributed by atoms with Crippen molar-refractivity contribution in [3.05, 3.63) is 23.7 Å². The Hall–Kier alpha value is -1.82. The molecule has 1 aliphatic heterocycles.